The van der Waals surface area contributed by atoms with E-state index in [1.54, 1.807) is 0 Å². The maximum absolute atomic E-state index is 5.41. The summed E-state index contributed by atoms with van der Waals surface area (Å²) in [6.07, 6.45) is 13.1. The van der Waals surface area contributed by atoms with Gasteiger partial charge in [-0.1, -0.05) is 44.9 Å². The van der Waals surface area contributed by atoms with Crippen molar-refractivity contribution in [3.05, 3.63) is 0 Å². The van der Waals surface area contributed by atoms with Gasteiger partial charge in [-0.15, -0.1) is 0 Å². The maximum atomic E-state index is 5.41. The van der Waals surface area contributed by atoms with Crippen molar-refractivity contribution in [1.29, 1.82) is 0 Å². The summed E-state index contributed by atoms with van der Waals surface area (Å²) in [5.41, 5.74) is 5.41. The maximum Gasteiger partial charge on any atom is 0.00772 e. The highest BCUT2D eigenvalue weighted by atomic mass is 14.9. The lowest BCUT2D eigenvalue weighted by atomic mass is 9.88. The van der Waals surface area contributed by atoms with Crippen LogP contribution < -0.4 is 16.4 Å². The van der Waals surface area contributed by atoms with E-state index in [9.17, 15) is 0 Å². The molecule has 0 heterocycles. The van der Waals surface area contributed by atoms with Gasteiger partial charge in [0.05, 0.1) is 0 Å². The molecule has 4 N–H and O–H groups in total. The second kappa shape index (κ2) is 11.9. The van der Waals surface area contributed by atoms with Crippen LogP contribution in [0.15, 0.2) is 0 Å². The first kappa shape index (κ1) is 15.9. The van der Waals surface area contributed by atoms with Crippen LogP contribution in [-0.4, -0.2) is 32.7 Å². The minimum absolute atomic E-state index is 0.738. The number of nitrogens with one attached hydrogen (secondary N) is 2. The highest BCUT2D eigenvalue weighted by molar-refractivity contribution is 4.64. The monoisotopic (exact) mass is 255 g/mol. The molecule has 3 nitrogen and oxygen atoms in total. The van der Waals surface area contributed by atoms with Gasteiger partial charge in [0.15, 0.2) is 0 Å². The number of rotatable bonds is 9. The van der Waals surface area contributed by atoms with E-state index in [1.165, 1.54) is 64.3 Å². The molecule has 0 aromatic carbocycles. The largest absolute Gasteiger partial charge is 0.329 e. The van der Waals surface area contributed by atoms with Crippen LogP contribution in [0, 0.1) is 5.92 Å². The van der Waals surface area contributed by atoms with Crippen LogP contribution in [0.25, 0.3) is 0 Å². The van der Waals surface area contributed by atoms with Crippen LogP contribution in [0.1, 0.15) is 57.8 Å². The third kappa shape index (κ3) is 8.90. The van der Waals surface area contributed by atoms with Crippen LogP contribution >= 0.6 is 0 Å². The number of hydrogen-bond donors (Lipinski definition) is 3. The van der Waals surface area contributed by atoms with E-state index in [0.29, 0.717) is 0 Å². The summed E-state index contributed by atoms with van der Waals surface area (Å²) in [5, 5.41) is 6.81. The SMILES string of the molecule is NCCNCCNCCCC1CCCCCCC1. The summed E-state index contributed by atoms with van der Waals surface area (Å²) in [4.78, 5) is 0. The van der Waals surface area contributed by atoms with Crippen molar-refractivity contribution >= 4 is 0 Å². The average molecular weight is 255 g/mol. The van der Waals surface area contributed by atoms with E-state index < -0.39 is 0 Å². The number of nitrogens with two attached hydrogens (primary N) is 1. The fraction of sp³-hybridized carbons (Fsp3) is 1.00. The summed E-state index contributed by atoms with van der Waals surface area (Å²) < 4.78 is 0. The minimum Gasteiger partial charge on any atom is -0.329 e. The molecular formula is C15H33N3. The molecule has 0 aliphatic heterocycles. The van der Waals surface area contributed by atoms with Gasteiger partial charge in [0.25, 0.3) is 0 Å². The van der Waals surface area contributed by atoms with Crippen LogP contribution in [0.4, 0.5) is 0 Å². The Labute approximate surface area is 113 Å². The molecule has 0 amide bonds. The first-order valence-electron chi connectivity index (χ1n) is 8.05. The van der Waals surface area contributed by atoms with Crippen molar-refractivity contribution in [2.24, 2.45) is 11.7 Å². The van der Waals surface area contributed by atoms with Gasteiger partial charge in [0.2, 0.25) is 0 Å². The second-order valence-electron chi connectivity index (χ2n) is 5.64. The van der Waals surface area contributed by atoms with Crippen molar-refractivity contribution < 1.29 is 0 Å². The molecule has 18 heavy (non-hydrogen) atoms. The van der Waals surface area contributed by atoms with E-state index in [0.717, 1.165) is 32.1 Å². The van der Waals surface area contributed by atoms with Gasteiger partial charge in [0, 0.05) is 26.2 Å². The molecule has 1 saturated carbocycles. The predicted molar refractivity (Wildman–Crippen MR) is 79.8 cm³/mol. The smallest absolute Gasteiger partial charge is 0.00772 e. The van der Waals surface area contributed by atoms with Gasteiger partial charge in [-0.05, 0) is 25.3 Å². The fourth-order valence-electron chi connectivity index (χ4n) is 2.87. The highest BCUT2D eigenvalue weighted by Crippen LogP contribution is 2.25. The summed E-state index contributed by atoms with van der Waals surface area (Å²) in [7, 11) is 0. The van der Waals surface area contributed by atoms with Crippen LogP contribution in [-0.2, 0) is 0 Å². The molecule has 0 radical (unpaired) electrons. The quantitative estimate of drug-likeness (QED) is 0.554. The third-order valence-electron chi connectivity index (χ3n) is 3.99. The van der Waals surface area contributed by atoms with Gasteiger partial charge >= 0.3 is 0 Å². The zero-order valence-electron chi connectivity index (χ0n) is 12.1. The van der Waals surface area contributed by atoms with E-state index in [2.05, 4.69) is 10.6 Å². The number of hydrogen-bond acceptors (Lipinski definition) is 3. The van der Waals surface area contributed by atoms with Crippen molar-refractivity contribution in [3.8, 4) is 0 Å². The van der Waals surface area contributed by atoms with Gasteiger partial charge in [-0.2, -0.15) is 0 Å². The lowest BCUT2D eigenvalue weighted by Crippen LogP contribution is -2.31. The summed E-state index contributed by atoms with van der Waals surface area (Å²) >= 11 is 0. The highest BCUT2D eigenvalue weighted by Gasteiger charge is 2.10. The Kier molecular flexibility index (Phi) is 10.6. The van der Waals surface area contributed by atoms with Crippen molar-refractivity contribution in [2.45, 2.75) is 57.8 Å². The van der Waals surface area contributed by atoms with Crippen LogP contribution in [0.3, 0.4) is 0 Å². The summed E-state index contributed by atoms with van der Waals surface area (Å²) in [6, 6.07) is 0. The standard InChI is InChI=1S/C15H33N3/c16-10-12-18-14-13-17-11-6-9-15-7-4-2-1-3-5-8-15/h15,17-18H,1-14,16H2. The van der Waals surface area contributed by atoms with Crippen LogP contribution in [0.2, 0.25) is 0 Å². The first-order chi connectivity index (χ1) is 8.93. The molecule has 1 rings (SSSR count). The van der Waals surface area contributed by atoms with Gasteiger partial charge < -0.3 is 16.4 Å². The molecule has 0 unspecified atom stereocenters. The molecule has 1 aliphatic rings. The molecule has 0 bridgehead atoms. The van der Waals surface area contributed by atoms with E-state index >= 15 is 0 Å². The normalized spacial score (nSPS) is 18.5. The lowest BCUT2D eigenvalue weighted by Gasteiger charge is -2.19. The summed E-state index contributed by atoms with van der Waals surface area (Å²) in [6.45, 7) is 4.97. The van der Waals surface area contributed by atoms with Gasteiger partial charge in [-0.3, -0.25) is 0 Å². The lowest BCUT2D eigenvalue weighted by molar-refractivity contribution is 0.349. The molecule has 0 spiro atoms. The zero-order chi connectivity index (χ0) is 12.9. The Balaban J connectivity index is 1.86. The minimum atomic E-state index is 0.738. The molecule has 108 valence electrons. The summed E-state index contributed by atoms with van der Waals surface area (Å²) in [5.74, 6) is 1.02. The van der Waals surface area contributed by atoms with Crippen molar-refractivity contribution in [2.75, 3.05) is 32.7 Å². The molecule has 0 aromatic heterocycles. The van der Waals surface area contributed by atoms with Crippen molar-refractivity contribution in [3.63, 3.8) is 0 Å². The molecule has 0 atom stereocenters. The average Bonchev–Trinajstić information content (AvgIpc) is 2.34. The molecule has 0 aromatic rings. The van der Waals surface area contributed by atoms with Crippen LogP contribution in [0.5, 0.6) is 0 Å². The zero-order valence-corrected chi connectivity index (χ0v) is 12.1. The molecule has 0 saturated heterocycles. The Bertz CT molecular complexity index is 165. The van der Waals surface area contributed by atoms with Crippen molar-refractivity contribution in [1.82, 2.24) is 10.6 Å². The molecule has 1 fully saturated rings. The van der Waals surface area contributed by atoms with E-state index in [4.69, 9.17) is 5.73 Å². The Morgan fingerprint density at radius 3 is 2.06 bits per heavy atom. The van der Waals surface area contributed by atoms with E-state index in [1.807, 2.05) is 0 Å². The third-order valence-corrected chi connectivity index (χ3v) is 3.99. The van der Waals surface area contributed by atoms with E-state index in [-0.39, 0.29) is 0 Å². The molecular weight excluding hydrogens is 222 g/mol. The predicted octanol–water partition coefficient (Wildman–Crippen LogP) is 2.26. The fourth-order valence-corrected chi connectivity index (χ4v) is 2.87. The molecule has 3 heteroatoms. The Morgan fingerprint density at radius 1 is 0.778 bits per heavy atom. The Hall–Kier alpha value is -0.120. The van der Waals surface area contributed by atoms with Gasteiger partial charge in [-0.25, -0.2) is 0 Å². The Morgan fingerprint density at radius 2 is 1.39 bits per heavy atom. The van der Waals surface area contributed by atoms with Gasteiger partial charge in [0.1, 0.15) is 0 Å². The topological polar surface area (TPSA) is 50.1 Å². The second-order valence-corrected chi connectivity index (χ2v) is 5.64. The molecule has 1 aliphatic carbocycles. The first-order valence-corrected chi connectivity index (χ1v) is 8.05.